The number of amides is 4. The minimum Gasteiger partial charge on any atom is -0.381 e. The van der Waals surface area contributed by atoms with Crippen molar-refractivity contribution < 1.29 is 32.7 Å². The number of hydrogen-bond donors (Lipinski definition) is 3. The number of ether oxygens (including phenoxy) is 1. The van der Waals surface area contributed by atoms with E-state index in [4.69, 9.17) is 21.3 Å². The Morgan fingerprint density at radius 1 is 0.955 bits per heavy atom. The summed E-state index contributed by atoms with van der Waals surface area (Å²) in [5.74, 6) is -2.69. The van der Waals surface area contributed by atoms with E-state index in [0.717, 1.165) is 30.4 Å². The monoisotopic (exact) mass is 928 g/mol. The molecule has 1 fully saturated rings. The van der Waals surface area contributed by atoms with Crippen LogP contribution in [0.2, 0.25) is 5.02 Å². The largest absolute Gasteiger partial charge is 0.381 e. The van der Waals surface area contributed by atoms with Crippen molar-refractivity contribution in [2.45, 2.75) is 57.7 Å². The zero-order valence-electron chi connectivity index (χ0n) is 36.4. The highest BCUT2D eigenvalue weighted by molar-refractivity contribution is 6.32. The minimum atomic E-state index is -0.740. The molecule has 5 aromatic rings. The number of aryl methyl sites for hydroxylation is 1. The third kappa shape index (κ3) is 11.1. The number of aliphatic imine (C=N–C) groups is 3. The molecule has 3 N–H and O–H groups in total. The highest BCUT2D eigenvalue weighted by Gasteiger charge is 2.39. The summed E-state index contributed by atoms with van der Waals surface area (Å²) in [6.07, 6.45) is 6.67. The Bertz CT molecular complexity index is 2790. The number of anilines is 1. The summed E-state index contributed by atoms with van der Waals surface area (Å²) in [5.41, 5.74) is 6.00. The second kappa shape index (κ2) is 21.5. The molecule has 0 radical (unpaired) electrons. The van der Waals surface area contributed by atoms with Crippen LogP contribution in [-0.2, 0) is 32.2 Å². The third-order valence-electron chi connectivity index (χ3n) is 11.5. The fourth-order valence-corrected chi connectivity index (χ4v) is 8.33. The van der Waals surface area contributed by atoms with Crippen molar-refractivity contribution in [2.24, 2.45) is 15.0 Å². The van der Waals surface area contributed by atoms with E-state index in [9.17, 15) is 19.2 Å². The number of piperidine rings is 1. The van der Waals surface area contributed by atoms with Gasteiger partial charge >= 0.3 is 0 Å². The van der Waals surface area contributed by atoms with Crippen LogP contribution in [0.25, 0.3) is 11.3 Å². The maximum Gasteiger partial charge on any atom is 0.255 e. The number of nitrogens with zero attached hydrogens (tertiary/aromatic N) is 7. The summed E-state index contributed by atoms with van der Waals surface area (Å²) in [5, 5.41) is 17.5. The Kier molecular flexibility index (Phi) is 14.9. The van der Waals surface area contributed by atoms with E-state index in [1.165, 1.54) is 23.1 Å². The van der Waals surface area contributed by atoms with Gasteiger partial charge in [0.15, 0.2) is 0 Å². The van der Waals surface area contributed by atoms with Crippen molar-refractivity contribution >= 4 is 64.7 Å². The average Bonchev–Trinajstić information content (AvgIpc) is 3.88. The van der Waals surface area contributed by atoms with E-state index >= 15 is 8.78 Å². The smallest absolute Gasteiger partial charge is 0.255 e. The Hall–Kier alpha value is -7.08. The number of nitrogens with one attached hydrogen (secondary N) is 3. The molecule has 0 bridgehead atoms. The van der Waals surface area contributed by atoms with Gasteiger partial charge in [0.05, 0.1) is 35.4 Å². The molecule has 15 nitrogen and oxygen atoms in total. The molecule has 1 saturated heterocycles. The van der Waals surface area contributed by atoms with Gasteiger partial charge in [0.1, 0.15) is 23.4 Å². The first-order valence-corrected chi connectivity index (χ1v) is 22.3. The number of benzene rings is 4. The van der Waals surface area contributed by atoms with E-state index in [1.807, 2.05) is 30.5 Å². The van der Waals surface area contributed by atoms with E-state index in [-0.39, 0.29) is 54.9 Å². The lowest BCUT2D eigenvalue weighted by Crippen LogP contribution is -2.52. The predicted molar refractivity (Wildman–Crippen MR) is 251 cm³/mol. The lowest BCUT2D eigenvalue weighted by molar-refractivity contribution is -0.137. The standard InChI is InChI=1S/C49H47ClF2N10O5/c1-53-26-32-27-55-47(45-39(51)6-4-7-40(45)52)38-25-33(50)10-14-37(38)46(32)57-34-11-8-30(9-12-34)41-29-61(60-59-41)21-2-3-22-67-23-5-19-54-20-18-44(64)56-35-13-15-36-31(24-35)28-62(49(36)66)42-16-17-43(63)58-48(42)65/h4,6-15,24-26,29,42,54H,1-3,5,16-23,27-28H2,(H,56,64)(H,58,63,65)/b32-26-,57-46?. The van der Waals surface area contributed by atoms with Gasteiger partial charge in [0, 0.05) is 90.4 Å². The molecule has 18 heteroatoms. The summed E-state index contributed by atoms with van der Waals surface area (Å²) in [4.78, 5) is 64.4. The number of imide groups is 1. The molecule has 0 spiro atoms. The summed E-state index contributed by atoms with van der Waals surface area (Å²) in [6, 6.07) is 20.7. The second-order valence-corrected chi connectivity index (χ2v) is 16.6. The summed E-state index contributed by atoms with van der Waals surface area (Å²) >= 11 is 6.40. The molecule has 4 aromatic carbocycles. The molecule has 4 amide bonds. The highest BCUT2D eigenvalue weighted by Crippen LogP contribution is 2.32. The number of carbonyl (C=O) groups is 4. The fourth-order valence-electron chi connectivity index (χ4n) is 8.16. The number of rotatable bonds is 18. The molecule has 1 aromatic heterocycles. The SMILES string of the molecule is C=N/C=C1/CN=C(c2c(F)cccc2F)c2cc(Cl)ccc2C1=Nc1ccc(-c2cn(CCCCOCCCNCCC(=O)Nc3ccc4c(c3)CN(C3CCC(=O)NC3=O)C4=O)nn2)cc1. The first kappa shape index (κ1) is 46.4. The van der Waals surface area contributed by atoms with E-state index < -0.39 is 23.6 Å². The first-order chi connectivity index (χ1) is 32.6. The van der Waals surface area contributed by atoms with E-state index in [2.05, 4.69) is 43.0 Å². The number of aromatic nitrogens is 3. The maximum absolute atomic E-state index is 15.0. The quantitative estimate of drug-likeness (QED) is 0.0477. The summed E-state index contributed by atoms with van der Waals surface area (Å²) in [7, 11) is 0. The van der Waals surface area contributed by atoms with Crippen LogP contribution in [-0.4, -0.2) is 101 Å². The van der Waals surface area contributed by atoms with Crippen molar-refractivity contribution in [1.29, 1.82) is 0 Å². The van der Waals surface area contributed by atoms with Crippen molar-refractivity contribution in [3.8, 4) is 11.3 Å². The molecule has 344 valence electrons. The van der Waals surface area contributed by atoms with Crippen LogP contribution in [0.1, 0.15) is 71.1 Å². The molecule has 3 aliphatic rings. The molecule has 1 unspecified atom stereocenters. The van der Waals surface area contributed by atoms with Crippen LogP contribution in [0.15, 0.2) is 112 Å². The molecule has 67 heavy (non-hydrogen) atoms. The Balaban J connectivity index is 0.740. The number of halogens is 3. The number of fused-ring (bicyclic) bond motifs is 2. The fraction of sp³-hybridized carbons (Fsp3) is 0.286. The van der Waals surface area contributed by atoms with Crippen LogP contribution >= 0.6 is 11.6 Å². The predicted octanol–water partition coefficient (Wildman–Crippen LogP) is 7.00. The van der Waals surface area contributed by atoms with Gasteiger partial charge in [0.25, 0.3) is 5.91 Å². The minimum absolute atomic E-state index is 0.0488. The molecule has 8 rings (SSSR count). The highest BCUT2D eigenvalue weighted by atomic mass is 35.5. The van der Waals surface area contributed by atoms with Gasteiger partial charge in [-0.3, -0.25) is 39.2 Å². The van der Waals surface area contributed by atoms with Crippen LogP contribution in [0.3, 0.4) is 0 Å². The molecular weight excluding hydrogens is 882 g/mol. The van der Waals surface area contributed by atoms with Crippen molar-refractivity contribution in [1.82, 2.24) is 30.5 Å². The lowest BCUT2D eigenvalue weighted by atomic mass is 9.93. The van der Waals surface area contributed by atoms with Gasteiger partial charge in [-0.25, -0.2) is 13.8 Å². The summed E-state index contributed by atoms with van der Waals surface area (Å²) in [6.45, 7) is 6.96. The summed E-state index contributed by atoms with van der Waals surface area (Å²) < 4.78 is 37.7. The molecule has 3 aliphatic heterocycles. The van der Waals surface area contributed by atoms with Gasteiger partial charge in [-0.2, -0.15) is 0 Å². The van der Waals surface area contributed by atoms with Crippen molar-refractivity contribution in [3.05, 3.63) is 141 Å². The van der Waals surface area contributed by atoms with Crippen molar-refractivity contribution in [3.63, 3.8) is 0 Å². The zero-order valence-corrected chi connectivity index (χ0v) is 37.2. The topological polar surface area (TPSA) is 185 Å². The third-order valence-corrected chi connectivity index (χ3v) is 11.7. The normalized spacial score (nSPS) is 17.0. The van der Waals surface area contributed by atoms with Crippen LogP contribution in [0.4, 0.5) is 20.2 Å². The first-order valence-electron chi connectivity index (χ1n) is 22.0. The van der Waals surface area contributed by atoms with Gasteiger partial charge in [-0.15, -0.1) is 5.10 Å². The Morgan fingerprint density at radius 3 is 2.54 bits per heavy atom. The van der Waals surface area contributed by atoms with Crippen LogP contribution in [0.5, 0.6) is 0 Å². The van der Waals surface area contributed by atoms with E-state index in [1.54, 1.807) is 47.3 Å². The Morgan fingerprint density at radius 2 is 1.75 bits per heavy atom. The van der Waals surface area contributed by atoms with Gasteiger partial charge < -0.3 is 20.3 Å². The average molecular weight is 929 g/mol. The molecule has 0 saturated carbocycles. The van der Waals surface area contributed by atoms with Crippen molar-refractivity contribution in [2.75, 3.05) is 38.2 Å². The second-order valence-electron chi connectivity index (χ2n) is 16.2. The van der Waals surface area contributed by atoms with Gasteiger partial charge in [-0.1, -0.05) is 41.1 Å². The van der Waals surface area contributed by atoms with Crippen LogP contribution < -0.4 is 16.0 Å². The molecule has 0 aliphatic carbocycles. The zero-order chi connectivity index (χ0) is 46.9. The van der Waals surface area contributed by atoms with Gasteiger partial charge in [0.2, 0.25) is 17.7 Å². The number of unbranched alkanes of at least 4 members (excludes halogenated alkanes) is 1. The number of carbonyl (C=O) groups excluding carboxylic acids is 4. The number of hydrogen-bond acceptors (Lipinski definition) is 11. The van der Waals surface area contributed by atoms with E-state index in [0.29, 0.717) is 89.3 Å². The Labute approximate surface area is 390 Å². The van der Waals surface area contributed by atoms with Crippen LogP contribution in [0, 0.1) is 11.6 Å². The molecule has 4 heterocycles. The van der Waals surface area contributed by atoms with Gasteiger partial charge in [-0.05, 0) is 99.1 Å². The molecule has 1 atom stereocenters. The molecular formula is C49H47ClF2N10O5. The maximum atomic E-state index is 15.0. The lowest BCUT2D eigenvalue weighted by Gasteiger charge is -2.29.